The maximum absolute atomic E-state index is 13.4. The largest absolute Gasteiger partial charge is 0.493 e. The molecule has 7 heteroatoms. The molecule has 1 aromatic carbocycles. The summed E-state index contributed by atoms with van der Waals surface area (Å²) in [5, 5.41) is 12.0. The van der Waals surface area contributed by atoms with Crippen molar-refractivity contribution in [2.45, 2.75) is 50.1 Å². The summed E-state index contributed by atoms with van der Waals surface area (Å²) >= 11 is 1.70. The maximum Gasteiger partial charge on any atom is 0.237 e. The number of carbonyl (C=O) groups is 1. The molecule has 0 spiro atoms. The second-order valence-corrected chi connectivity index (χ2v) is 9.68. The van der Waals surface area contributed by atoms with Gasteiger partial charge in [0.1, 0.15) is 5.54 Å². The highest BCUT2D eigenvalue weighted by molar-refractivity contribution is 7.10. The van der Waals surface area contributed by atoms with Crippen molar-refractivity contribution in [3.05, 3.63) is 45.6 Å². The van der Waals surface area contributed by atoms with Gasteiger partial charge in [0.2, 0.25) is 5.91 Å². The normalized spacial score (nSPS) is 20.1. The molecular formula is C25H31N3O3S. The third-order valence-corrected chi connectivity index (χ3v) is 7.95. The summed E-state index contributed by atoms with van der Waals surface area (Å²) < 4.78 is 11.1. The predicted octanol–water partition coefficient (Wildman–Crippen LogP) is 4.40. The first-order chi connectivity index (χ1) is 15.5. The second-order valence-electron chi connectivity index (χ2n) is 8.70. The van der Waals surface area contributed by atoms with Crippen molar-refractivity contribution in [3.8, 4) is 17.6 Å². The van der Waals surface area contributed by atoms with E-state index in [9.17, 15) is 10.1 Å². The molecule has 1 aromatic heterocycles. The van der Waals surface area contributed by atoms with Gasteiger partial charge in [0.05, 0.1) is 32.9 Å². The van der Waals surface area contributed by atoms with E-state index in [1.165, 1.54) is 10.4 Å². The van der Waals surface area contributed by atoms with Crippen molar-refractivity contribution < 1.29 is 14.3 Å². The highest BCUT2D eigenvalue weighted by Crippen LogP contribution is 2.42. The fourth-order valence-electron chi connectivity index (χ4n) is 5.13. The number of hydrogen-bond acceptors (Lipinski definition) is 6. The third-order valence-electron chi connectivity index (χ3n) is 7.03. The Balaban J connectivity index is 1.64. The number of hydrogen-bond donors (Lipinski definition) is 0. The lowest BCUT2D eigenvalue weighted by Gasteiger charge is -2.42. The first kappa shape index (κ1) is 22.6. The van der Waals surface area contributed by atoms with E-state index in [0.717, 1.165) is 56.4 Å². The van der Waals surface area contributed by atoms with E-state index in [-0.39, 0.29) is 18.5 Å². The molecule has 1 aliphatic carbocycles. The molecule has 2 heterocycles. The van der Waals surface area contributed by atoms with Gasteiger partial charge in [-0.1, -0.05) is 25.3 Å². The minimum atomic E-state index is -0.669. The number of likely N-dealkylation sites (N-methyl/N-ethyl adjacent to an activating group) is 1. The molecule has 0 radical (unpaired) electrons. The molecule has 1 atom stereocenters. The molecule has 0 N–H and O–H groups in total. The number of thiophene rings is 1. The van der Waals surface area contributed by atoms with Gasteiger partial charge in [-0.2, -0.15) is 5.26 Å². The maximum atomic E-state index is 13.4. The fraction of sp³-hybridized carbons (Fsp3) is 0.520. The Morgan fingerprint density at radius 3 is 2.59 bits per heavy atom. The number of nitrogens with zero attached hydrogens (tertiary/aromatic N) is 3. The third kappa shape index (κ3) is 4.10. The Labute approximate surface area is 194 Å². The summed E-state index contributed by atoms with van der Waals surface area (Å²) in [5.41, 5.74) is 1.70. The van der Waals surface area contributed by atoms with Crippen molar-refractivity contribution in [3.63, 3.8) is 0 Å². The van der Waals surface area contributed by atoms with Crippen molar-refractivity contribution in [2.24, 2.45) is 0 Å². The predicted molar refractivity (Wildman–Crippen MR) is 125 cm³/mol. The SMILES string of the molecule is COc1cc2c(cc1OC)C(c1cccs1)N(CC(=O)N(C)C1(C#N)CCCCC1)CC2. The zero-order valence-electron chi connectivity index (χ0n) is 19.1. The Morgan fingerprint density at radius 1 is 1.25 bits per heavy atom. The van der Waals surface area contributed by atoms with Crippen molar-refractivity contribution in [1.29, 1.82) is 5.26 Å². The molecule has 1 fully saturated rings. The van der Waals surface area contributed by atoms with Gasteiger partial charge in [0.25, 0.3) is 0 Å². The summed E-state index contributed by atoms with van der Waals surface area (Å²) in [6, 6.07) is 10.7. The van der Waals surface area contributed by atoms with Crippen molar-refractivity contribution >= 4 is 17.2 Å². The number of ether oxygens (including phenoxy) is 2. The quantitative estimate of drug-likeness (QED) is 0.649. The number of nitriles is 1. The zero-order chi connectivity index (χ0) is 22.7. The van der Waals surface area contributed by atoms with Gasteiger partial charge in [-0.3, -0.25) is 9.69 Å². The lowest BCUT2D eigenvalue weighted by molar-refractivity contribution is -0.136. The molecule has 1 aliphatic heterocycles. The Morgan fingerprint density at radius 2 is 1.97 bits per heavy atom. The van der Waals surface area contributed by atoms with Crippen molar-refractivity contribution in [1.82, 2.24) is 9.80 Å². The van der Waals surface area contributed by atoms with Crippen LogP contribution in [0.5, 0.6) is 11.5 Å². The Hall–Kier alpha value is -2.56. The van der Waals surface area contributed by atoms with E-state index in [4.69, 9.17) is 9.47 Å². The number of fused-ring (bicyclic) bond motifs is 1. The second kappa shape index (κ2) is 9.51. The van der Waals surface area contributed by atoms with Gasteiger partial charge in [0, 0.05) is 18.5 Å². The van der Waals surface area contributed by atoms with E-state index in [2.05, 4.69) is 34.5 Å². The molecule has 1 amide bonds. The Bertz CT molecular complexity index is 993. The molecule has 1 unspecified atom stereocenters. The molecule has 0 saturated heterocycles. The van der Waals surface area contributed by atoms with Crippen LogP contribution in [0.25, 0.3) is 0 Å². The standard InChI is InChI=1S/C25H31N3O3S/c1-27(25(17-26)10-5-4-6-11-25)23(29)16-28-12-9-18-14-20(30-2)21(31-3)15-19(18)24(28)22-8-7-13-32-22/h7-8,13-15,24H,4-6,9-12,16H2,1-3H3. The molecule has 6 nitrogen and oxygen atoms in total. The number of rotatable bonds is 6. The summed E-state index contributed by atoms with van der Waals surface area (Å²) in [7, 11) is 5.11. The molecule has 2 aromatic rings. The van der Waals surface area contributed by atoms with Crippen LogP contribution in [0.4, 0.5) is 0 Å². The van der Waals surface area contributed by atoms with Crippen LogP contribution in [0.15, 0.2) is 29.6 Å². The highest BCUT2D eigenvalue weighted by atomic mass is 32.1. The van der Waals surface area contributed by atoms with E-state index >= 15 is 0 Å². The number of carbonyl (C=O) groups excluding carboxylic acids is 1. The van der Waals surface area contributed by atoms with Gasteiger partial charge < -0.3 is 14.4 Å². The van der Waals surface area contributed by atoms with Crippen molar-refractivity contribution in [2.75, 3.05) is 34.4 Å². The van der Waals surface area contributed by atoms with Crippen LogP contribution in [-0.4, -0.2) is 55.6 Å². The molecule has 1 saturated carbocycles. The summed E-state index contributed by atoms with van der Waals surface area (Å²) in [4.78, 5) is 18.6. The molecule has 0 bridgehead atoms. The molecule has 4 rings (SSSR count). The minimum Gasteiger partial charge on any atom is -0.493 e. The van der Waals surface area contributed by atoms with Gasteiger partial charge >= 0.3 is 0 Å². The van der Waals surface area contributed by atoms with Gasteiger partial charge in [0.15, 0.2) is 11.5 Å². The van der Waals surface area contributed by atoms with Gasteiger partial charge in [-0.15, -0.1) is 11.3 Å². The number of benzene rings is 1. The lowest BCUT2D eigenvalue weighted by Crippen LogP contribution is -2.53. The first-order valence-electron chi connectivity index (χ1n) is 11.2. The van der Waals surface area contributed by atoms with Crippen LogP contribution in [0.3, 0.4) is 0 Å². The number of methoxy groups -OCH3 is 2. The van der Waals surface area contributed by atoms with Crippen LogP contribution in [0, 0.1) is 11.3 Å². The first-order valence-corrected chi connectivity index (χ1v) is 12.1. The Kier molecular flexibility index (Phi) is 6.73. The van der Waals surface area contributed by atoms with Crippen LogP contribution in [-0.2, 0) is 11.2 Å². The number of amides is 1. The average Bonchev–Trinajstić information content (AvgIpc) is 3.37. The summed E-state index contributed by atoms with van der Waals surface area (Å²) in [6.45, 7) is 1.06. The van der Waals surface area contributed by atoms with E-state index in [1.807, 2.05) is 13.1 Å². The lowest BCUT2D eigenvalue weighted by atomic mass is 9.81. The van der Waals surface area contributed by atoms with E-state index < -0.39 is 5.54 Å². The minimum absolute atomic E-state index is 0.0129. The summed E-state index contributed by atoms with van der Waals surface area (Å²) in [5.74, 6) is 1.44. The monoisotopic (exact) mass is 453 g/mol. The van der Waals surface area contributed by atoms with Crippen LogP contribution >= 0.6 is 11.3 Å². The van der Waals surface area contributed by atoms with Crippen LogP contribution in [0.2, 0.25) is 0 Å². The molecule has 2 aliphatic rings. The van der Waals surface area contributed by atoms with Gasteiger partial charge in [-0.05, 0) is 54.0 Å². The van der Waals surface area contributed by atoms with Crippen LogP contribution < -0.4 is 9.47 Å². The molecule has 32 heavy (non-hydrogen) atoms. The van der Waals surface area contributed by atoms with Crippen LogP contribution in [0.1, 0.15) is 54.1 Å². The smallest absolute Gasteiger partial charge is 0.237 e. The molecular weight excluding hydrogens is 422 g/mol. The fourth-order valence-corrected chi connectivity index (χ4v) is 6.00. The van der Waals surface area contributed by atoms with E-state index in [0.29, 0.717) is 5.75 Å². The van der Waals surface area contributed by atoms with Gasteiger partial charge in [-0.25, -0.2) is 0 Å². The topological polar surface area (TPSA) is 65.8 Å². The average molecular weight is 454 g/mol. The molecule has 170 valence electrons. The summed E-state index contributed by atoms with van der Waals surface area (Å²) in [6.07, 6.45) is 5.50. The zero-order valence-corrected chi connectivity index (χ0v) is 19.9. The van der Waals surface area contributed by atoms with E-state index in [1.54, 1.807) is 30.5 Å². The highest BCUT2D eigenvalue weighted by Gasteiger charge is 2.40.